The molecular weight excluding hydrogens is 218 g/mol. The number of hydrogen-bond acceptors (Lipinski definition) is 3. The highest BCUT2D eigenvalue weighted by Crippen LogP contribution is 2.19. The summed E-state index contributed by atoms with van der Waals surface area (Å²) in [5.74, 6) is -0.159. The number of carbonyl (C=O) groups is 1. The van der Waals surface area contributed by atoms with E-state index in [4.69, 9.17) is 9.84 Å². The van der Waals surface area contributed by atoms with Crippen LogP contribution in [0.2, 0.25) is 0 Å². The smallest absolute Gasteiger partial charge is 0.335 e. The molecule has 0 aliphatic carbocycles. The fourth-order valence-electron chi connectivity index (χ4n) is 1.59. The summed E-state index contributed by atoms with van der Waals surface area (Å²) in [7, 11) is 3.93. The molecule has 0 saturated heterocycles. The Bertz CT molecular complexity index is 388. The molecule has 0 heterocycles. The van der Waals surface area contributed by atoms with Crippen LogP contribution in [0.1, 0.15) is 22.8 Å². The summed E-state index contributed by atoms with van der Waals surface area (Å²) in [4.78, 5) is 13.1. The number of hydrogen-bond donors (Lipinski definition) is 1. The Morgan fingerprint density at radius 2 is 2.12 bits per heavy atom. The minimum atomic E-state index is -0.887. The average Bonchev–Trinajstić information content (AvgIpc) is 2.26. The van der Waals surface area contributed by atoms with Gasteiger partial charge in [0.1, 0.15) is 5.75 Å². The highest BCUT2D eigenvalue weighted by atomic mass is 16.5. The van der Waals surface area contributed by atoms with Gasteiger partial charge in [0, 0.05) is 6.54 Å². The molecule has 0 aliphatic rings. The normalized spacial score (nSPS) is 10.6. The van der Waals surface area contributed by atoms with E-state index in [-0.39, 0.29) is 0 Å². The van der Waals surface area contributed by atoms with Crippen molar-refractivity contribution in [2.45, 2.75) is 13.3 Å². The maximum atomic E-state index is 11.1. The third-order valence-corrected chi connectivity index (χ3v) is 2.45. The van der Waals surface area contributed by atoms with E-state index in [1.165, 1.54) is 0 Å². The molecule has 0 aromatic heterocycles. The van der Waals surface area contributed by atoms with Crippen LogP contribution < -0.4 is 4.74 Å². The molecule has 0 unspecified atom stereocenters. The van der Waals surface area contributed by atoms with Crippen molar-refractivity contribution in [3.05, 3.63) is 29.3 Å². The molecular formula is C13H19NO3. The molecule has 0 saturated carbocycles. The predicted octanol–water partition coefficient (Wildman–Crippen LogP) is 1.89. The molecule has 1 rings (SSSR count). The molecule has 1 N–H and O–H groups in total. The molecule has 4 heteroatoms. The lowest BCUT2D eigenvalue weighted by Crippen LogP contribution is -2.16. The molecule has 0 atom stereocenters. The highest BCUT2D eigenvalue weighted by Gasteiger charge is 2.11. The SMILES string of the molecule is CCOc1ccc(C(=O)O)c(CCN(C)C)c1. The first-order chi connectivity index (χ1) is 8.04. The highest BCUT2D eigenvalue weighted by molar-refractivity contribution is 5.89. The fourth-order valence-corrected chi connectivity index (χ4v) is 1.59. The summed E-state index contributed by atoms with van der Waals surface area (Å²) in [6.07, 6.45) is 0.704. The Hall–Kier alpha value is -1.55. The van der Waals surface area contributed by atoms with Gasteiger partial charge in [0.25, 0.3) is 0 Å². The van der Waals surface area contributed by atoms with Crippen molar-refractivity contribution in [2.24, 2.45) is 0 Å². The Morgan fingerprint density at radius 1 is 1.41 bits per heavy atom. The lowest BCUT2D eigenvalue weighted by molar-refractivity contribution is 0.0695. The first kappa shape index (κ1) is 13.5. The molecule has 0 radical (unpaired) electrons. The van der Waals surface area contributed by atoms with Crippen LogP contribution in [-0.4, -0.2) is 43.2 Å². The van der Waals surface area contributed by atoms with Gasteiger partial charge in [0.15, 0.2) is 0 Å². The first-order valence-electron chi connectivity index (χ1n) is 5.68. The fraction of sp³-hybridized carbons (Fsp3) is 0.462. The van der Waals surface area contributed by atoms with E-state index in [0.717, 1.165) is 17.9 Å². The molecule has 1 aromatic rings. The van der Waals surface area contributed by atoms with Gasteiger partial charge in [-0.15, -0.1) is 0 Å². The minimum Gasteiger partial charge on any atom is -0.494 e. The zero-order chi connectivity index (χ0) is 12.8. The van der Waals surface area contributed by atoms with Crippen molar-refractivity contribution in [3.8, 4) is 5.75 Å². The van der Waals surface area contributed by atoms with Crippen LogP contribution in [0.5, 0.6) is 5.75 Å². The Balaban J connectivity index is 2.94. The standard InChI is InChI=1S/C13H19NO3/c1-4-17-11-5-6-12(13(15)16)10(9-11)7-8-14(2)3/h5-6,9H,4,7-8H2,1-3H3,(H,15,16). The molecule has 0 bridgehead atoms. The number of benzene rings is 1. The molecule has 17 heavy (non-hydrogen) atoms. The van der Waals surface area contributed by atoms with Crippen molar-refractivity contribution in [1.29, 1.82) is 0 Å². The third-order valence-electron chi connectivity index (χ3n) is 2.45. The summed E-state index contributed by atoms with van der Waals surface area (Å²) >= 11 is 0. The van der Waals surface area contributed by atoms with Gasteiger partial charge in [-0.25, -0.2) is 4.79 Å². The van der Waals surface area contributed by atoms with E-state index in [1.54, 1.807) is 12.1 Å². The van der Waals surface area contributed by atoms with E-state index in [1.807, 2.05) is 32.0 Å². The van der Waals surface area contributed by atoms with Crippen LogP contribution in [0, 0.1) is 0 Å². The number of rotatable bonds is 6. The molecule has 0 fully saturated rings. The quantitative estimate of drug-likeness (QED) is 0.820. The number of nitrogens with zero attached hydrogens (tertiary/aromatic N) is 1. The first-order valence-corrected chi connectivity index (χ1v) is 5.68. The van der Waals surface area contributed by atoms with Crippen LogP contribution >= 0.6 is 0 Å². The number of likely N-dealkylation sites (N-methyl/N-ethyl adjacent to an activating group) is 1. The van der Waals surface area contributed by atoms with Gasteiger partial charge >= 0.3 is 5.97 Å². The van der Waals surface area contributed by atoms with E-state index < -0.39 is 5.97 Å². The molecule has 94 valence electrons. The third kappa shape index (κ3) is 4.07. The zero-order valence-electron chi connectivity index (χ0n) is 10.6. The second-order valence-corrected chi connectivity index (χ2v) is 4.11. The number of carboxylic acids is 1. The summed E-state index contributed by atoms with van der Waals surface area (Å²) in [6.45, 7) is 3.31. The van der Waals surface area contributed by atoms with E-state index in [9.17, 15) is 4.79 Å². The number of aromatic carboxylic acids is 1. The number of ether oxygens (including phenoxy) is 1. The summed E-state index contributed by atoms with van der Waals surface area (Å²) in [6, 6.07) is 5.13. The van der Waals surface area contributed by atoms with Crippen LogP contribution in [0.25, 0.3) is 0 Å². The van der Waals surface area contributed by atoms with Crippen LogP contribution in [-0.2, 0) is 6.42 Å². The van der Waals surface area contributed by atoms with Gasteiger partial charge in [-0.1, -0.05) is 0 Å². The summed E-state index contributed by atoms with van der Waals surface area (Å²) < 4.78 is 5.38. The van der Waals surface area contributed by atoms with Crippen molar-refractivity contribution in [1.82, 2.24) is 4.90 Å². The van der Waals surface area contributed by atoms with Crippen molar-refractivity contribution in [3.63, 3.8) is 0 Å². The van der Waals surface area contributed by atoms with Crippen molar-refractivity contribution >= 4 is 5.97 Å². The van der Waals surface area contributed by atoms with Crippen molar-refractivity contribution in [2.75, 3.05) is 27.2 Å². The maximum absolute atomic E-state index is 11.1. The van der Waals surface area contributed by atoms with Gasteiger partial charge in [-0.3, -0.25) is 0 Å². The molecule has 0 amide bonds. The number of carboxylic acid groups (broad SMARTS) is 1. The van der Waals surface area contributed by atoms with Gasteiger partial charge in [0.2, 0.25) is 0 Å². The summed E-state index contributed by atoms with van der Waals surface area (Å²) in [5, 5.41) is 9.10. The van der Waals surface area contributed by atoms with E-state index in [2.05, 4.69) is 0 Å². The second-order valence-electron chi connectivity index (χ2n) is 4.11. The molecule has 0 aliphatic heterocycles. The Morgan fingerprint density at radius 3 is 2.65 bits per heavy atom. The van der Waals surface area contributed by atoms with Crippen molar-refractivity contribution < 1.29 is 14.6 Å². The largest absolute Gasteiger partial charge is 0.494 e. The lowest BCUT2D eigenvalue weighted by Gasteiger charge is -2.12. The van der Waals surface area contributed by atoms with Crippen LogP contribution in [0.4, 0.5) is 0 Å². The van der Waals surface area contributed by atoms with Gasteiger partial charge < -0.3 is 14.7 Å². The molecule has 4 nitrogen and oxygen atoms in total. The minimum absolute atomic E-state index is 0.357. The van der Waals surface area contributed by atoms with Crippen LogP contribution in [0.3, 0.4) is 0 Å². The topological polar surface area (TPSA) is 49.8 Å². The van der Waals surface area contributed by atoms with Gasteiger partial charge in [-0.2, -0.15) is 0 Å². The van der Waals surface area contributed by atoms with Gasteiger partial charge in [0.05, 0.1) is 12.2 Å². The Kier molecular flexibility index (Phi) is 4.97. The van der Waals surface area contributed by atoms with Crippen LogP contribution in [0.15, 0.2) is 18.2 Å². The molecule has 1 aromatic carbocycles. The lowest BCUT2D eigenvalue weighted by atomic mass is 10.0. The molecule has 0 spiro atoms. The van der Waals surface area contributed by atoms with Gasteiger partial charge in [-0.05, 0) is 51.2 Å². The zero-order valence-corrected chi connectivity index (χ0v) is 10.6. The van der Waals surface area contributed by atoms with E-state index in [0.29, 0.717) is 18.6 Å². The monoisotopic (exact) mass is 237 g/mol. The van der Waals surface area contributed by atoms with E-state index >= 15 is 0 Å². The Labute approximate surface area is 102 Å². The maximum Gasteiger partial charge on any atom is 0.335 e. The second kappa shape index (κ2) is 6.25. The average molecular weight is 237 g/mol. The summed E-state index contributed by atoms with van der Waals surface area (Å²) in [5.41, 5.74) is 1.17. The predicted molar refractivity (Wildman–Crippen MR) is 66.8 cm³/mol.